The Hall–Kier alpha value is -2.62. The van der Waals surface area contributed by atoms with E-state index in [0.29, 0.717) is 18.7 Å². The van der Waals surface area contributed by atoms with Gasteiger partial charge in [0, 0.05) is 6.42 Å². The summed E-state index contributed by atoms with van der Waals surface area (Å²) < 4.78 is 5.10. The Labute approximate surface area is 130 Å². The molecule has 0 fully saturated rings. The molecule has 112 valence electrons. The summed E-state index contributed by atoms with van der Waals surface area (Å²) in [4.78, 5) is 12.0. The fraction of sp³-hybridized carbons (Fsp3) is 0.222. The predicted molar refractivity (Wildman–Crippen MR) is 86.8 cm³/mol. The van der Waals surface area contributed by atoms with Crippen LogP contribution in [0.15, 0.2) is 65.8 Å². The van der Waals surface area contributed by atoms with Crippen LogP contribution in [0.1, 0.15) is 24.9 Å². The highest BCUT2D eigenvalue weighted by molar-refractivity contribution is 6.37. The van der Waals surface area contributed by atoms with Gasteiger partial charge in [-0.2, -0.15) is 5.10 Å². The van der Waals surface area contributed by atoms with Crippen molar-refractivity contribution in [2.45, 2.75) is 19.4 Å². The summed E-state index contributed by atoms with van der Waals surface area (Å²) in [6.45, 7) is 2.16. The first-order valence-corrected chi connectivity index (χ1v) is 7.43. The van der Waals surface area contributed by atoms with Gasteiger partial charge in [0.15, 0.2) is 0 Å². The predicted octanol–water partition coefficient (Wildman–Crippen LogP) is 3.56. The Bertz CT molecular complexity index is 668. The van der Waals surface area contributed by atoms with Gasteiger partial charge in [0.05, 0.1) is 18.3 Å². The van der Waals surface area contributed by atoms with Gasteiger partial charge in [-0.15, -0.1) is 0 Å². The molecular weight excluding hydrogens is 276 g/mol. The van der Waals surface area contributed by atoms with Crippen molar-refractivity contribution in [1.82, 2.24) is 0 Å². The molecule has 0 N–H and O–H groups in total. The normalized spacial score (nSPS) is 17.2. The van der Waals surface area contributed by atoms with Crippen LogP contribution in [-0.4, -0.2) is 18.3 Å². The average molecular weight is 294 g/mol. The molecule has 0 radical (unpaired) electrons. The Morgan fingerprint density at radius 2 is 1.77 bits per heavy atom. The maximum absolute atomic E-state index is 12.0. The Balaban J connectivity index is 1.94. The van der Waals surface area contributed by atoms with E-state index in [4.69, 9.17) is 4.74 Å². The number of carbonyl (C=O) groups is 1. The molecule has 1 aliphatic heterocycles. The van der Waals surface area contributed by atoms with E-state index in [1.54, 1.807) is 6.92 Å². The average Bonchev–Trinajstić information content (AvgIpc) is 3.02. The maximum Gasteiger partial charge on any atom is 0.354 e. The first kappa shape index (κ1) is 14.3. The number of ether oxygens (including phenoxy) is 1. The molecule has 2 aromatic carbocycles. The van der Waals surface area contributed by atoms with Gasteiger partial charge in [-0.1, -0.05) is 48.5 Å². The van der Waals surface area contributed by atoms with Crippen molar-refractivity contribution >= 4 is 17.4 Å². The quantitative estimate of drug-likeness (QED) is 0.810. The lowest BCUT2D eigenvalue weighted by Crippen LogP contribution is -2.18. The molecule has 3 rings (SSSR count). The largest absolute Gasteiger partial charge is 0.461 e. The summed E-state index contributed by atoms with van der Waals surface area (Å²) >= 11 is 0. The Morgan fingerprint density at radius 1 is 1.14 bits per heavy atom. The van der Waals surface area contributed by atoms with Crippen molar-refractivity contribution in [2.24, 2.45) is 5.10 Å². The number of anilines is 1. The van der Waals surface area contributed by atoms with Crippen molar-refractivity contribution in [1.29, 1.82) is 0 Å². The summed E-state index contributed by atoms with van der Waals surface area (Å²) in [7, 11) is 0. The van der Waals surface area contributed by atoms with Crippen LogP contribution in [0.5, 0.6) is 0 Å². The number of hydrazone groups is 1. The zero-order chi connectivity index (χ0) is 15.4. The molecular formula is C18H18N2O2. The van der Waals surface area contributed by atoms with Gasteiger partial charge in [-0.05, 0) is 24.6 Å². The van der Waals surface area contributed by atoms with Crippen LogP contribution < -0.4 is 5.01 Å². The second kappa shape index (κ2) is 6.43. The van der Waals surface area contributed by atoms with E-state index in [-0.39, 0.29) is 12.0 Å². The molecule has 2 aromatic rings. The van der Waals surface area contributed by atoms with Crippen molar-refractivity contribution in [3.05, 3.63) is 66.2 Å². The van der Waals surface area contributed by atoms with Crippen LogP contribution in [-0.2, 0) is 9.53 Å². The van der Waals surface area contributed by atoms with Gasteiger partial charge < -0.3 is 4.74 Å². The molecule has 1 heterocycles. The molecule has 0 aliphatic carbocycles. The number of hydrogen-bond acceptors (Lipinski definition) is 4. The summed E-state index contributed by atoms with van der Waals surface area (Å²) in [5.74, 6) is -0.332. The minimum Gasteiger partial charge on any atom is -0.461 e. The van der Waals surface area contributed by atoms with Crippen molar-refractivity contribution < 1.29 is 9.53 Å². The number of benzene rings is 2. The lowest BCUT2D eigenvalue weighted by molar-refractivity contribution is -0.135. The molecule has 0 aromatic heterocycles. The number of carbonyl (C=O) groups excluding carboxylic acids is 1. The lowest BCUT2D eigenvalue weighted by atomic mass is 10.0. The van der Waals surface area contributed by atoms with E-state index in [1.807, 2.05) is 53.5 Å². The molecule has 0 amide bonds. The van der Waals surface area contributed by atoms with E-state index in [1.165, 1.54) is 0 Å². The lowest BCUT2D eigenvalue weighted by Gasteiger charge is -2.23. The third kappa shape index (κ3) is 2.86. The molecule has 22 heavy (non-hydrogen) atoms. The van der Waals surface area contributed by atoms with Crippen LogP contribution >= 0.6 is 0 Å². The fourth-order valence-corrected chi connectivity index (χ4v) is 2.60. The van der Waals surface area contributed by atoms with Crippen LogP contribution in [0.4, 0.5) is 5.69 Å². The summed E-state index contributed by atoms with van der Waals surface area (Å²) in [6, 6.07) is 20.0. The molecule has 4 nitrogen and oxygen atoms in total. The van der Waals surface area contributed by atoms with Crippen LogP contribution in [0.25, 0.3) is 0 Å². The van der Waals surface area contributed by atoms with E-state index in [0.717, 1.165) is 11.3 Å². The number of rotatable bonds is 4. The minimum atomic E-state index is -0.332. The van der Waals surface area contributed by atoms with Crippen LogP contribution in [0.2, 0.25) is 0 Å². The second-order valence-electron chi connectivity index (χ2n) is 5.08. The highest BCUT2D eigenvalue weighted by Gasteiger charge is 2.32. The van der Waals surface area contributed by atoms with Crippen LogP contribution in [0, 0.1) is 0 Å². The zero-order valence-electron chi connectivity index (χ0n) is 12.5. The second-order valence-corrected chi connectivity index (χ2v) is 5.08. The van der Waals surface area contributed by atoms with Gasteiger partial charge >= 0.3 is 5.97 Å². The molecule has 1 atom stereocenters. The molecule has 0 spiro atoms. The number of nitrogens with zero attached hydrogens (tertiary/aromatic N) is 2. The molecule has 4 heteroatoms. The zero-order valence-corrected chi connectivity index (χ0v) is 12.5. The minimum absolute atomic E-state index is 0.0167. The van der Waals surface area contributed by atoms with E-state index in [9.17, 15) is 4.79 Å². The molecule has 0 bridgehead atoms. The van der Waals surface area contributed by atoms with E-state index in [2.05, 4.69) is 17.2 Å². The first-order chi connectivity index (χ1) is 10.8. The van der Waals surface area contributed by atoms with Gasteiger partial charge in [-0.3, -0.25) is 5.01 Å². The van der Waals surface area contributed by atoms with Crippen molar-refractivity contribution in [2.75, 3.05) is 11.6 Å². The topological polar surface area (TPSA) is 41.9 Å². The summed E-state index contributed by atoms with van der Waals surface area (Å²) in [5.41, 5.74) is 2.57. The summed E-state index contributed by atoms with van der Waals surface area (Å²) in [5, 5.41) is 6.41. The Morgan fingerprint density at radius 3 is 2.41 bits per heavy atom. The molecule has 0 saturated heterocycles. The monoisotopic (exact) mass is 294 g/mol. The standard InChI is InChI=1S/C18H18N2O2/c1-2-22-18(21)16-13-17(14-9-5-3-6-10-14)20(19-16)15-11-7-4-8-12-15/h3-12,17H,2,13H2,1H3/t17-/m1/s1. The van der Waals surface area contributed by atoms with E-state index >= 15 is 0 Å². The van der Waals surface area contributed by atoms with Gasteiger partial charge in [0.2, 0.25) is 0 Å². The molecule has 0 unspecified atom stereocenters. The van der Waals surface area contributed by atoms with Crippen molar-refractivity contribution in [3.63, 3.8) is 0 Å². The fourth-order valence-electron chi connectivity index (χ4n) is 2.60. The number of esters is 1. The van der Waals surface area contributed by atoms with Gasteiger partial charge in [0.1, 0.15) is 5.71 Å². The van der Waals surface area contributed by atoms with Gasteiger partial charge in [-0.25, -0.2) is 4.79 Å². The van der Waals surface area contributed by atoms with Crippen molar-refractivity contribution in [3.8, 4) is 0 Å². The van der Waals surface area contributed by atoms with E-state index < -0.39 is 0 Å². The third-order valence-corrected chi connectivity index (χ3v) is 3.63. The first-order valence-electron chi connectivity index (χ1n) is 7.43. The summed E-state index contributed by atoms with van der Waals surface area (Å²) in [6.07, 6.45) is 0.553. The molecule has 1 aliphatic rings. The van der Waals surface area contributed by atoms with Crippen LogP contribution in [0.3, 0.4) is 0 Å². The SMILES string of the molecule is CCOC(=O)C1=NN(c2ccccc2)[C@@H](c2ccccc2)C1. The van der Waals surface area contributed by atoms with Gasteiger partial charge in [0.25, 0.3) is 0 Å². The maximum atomic E-state index is 12.0. The third-order valence-electron chi connectivity index (χ3n) is 3.63. The highest BCUT2D eigenvalue weighted by Crippen LogP contribution is 2.35. The smallest absolute Gasteiger partial charge is 0.354 e. The highest BCUT2D eigenvalue weighted by atomic mass is 16.5. The Kier molecular flexibility index (Phi) is 4.19. The number of hydrogen-bond donors (Lipinski definition) is 0. The number of para-hydroxylation sites is 1. The molecule has 0 saturated carbocycles.